The summed E-state index contributed by atoms with van der Waals surface area (Å²) >= 11 is 0. The lowest BCUT2D eigenvalue weighted by Gasteiger charge is -2.24. The Hall–Kier alpha value is -9.27. The smallest absolute Gasteiger partial charge is 0.164 e. The molecule has 0 bridgehead atoms. The molecule has 1 atom stereocenters. The highest BCUT2D eigenvalue weighted by molar-refractivity contribution is 6.24. The summed E-state index contributed by atoms with van der Waals surface area (Å²) in [6.07, 6.45) is -0.389. The van der Waals surface area contributed by atoms with Crippen LogP contribution in [0.25, 0.3) is 89.2 Å². The number of fused-ring (bicyclic) bond motifs is 7. The van der Waals surface area contributed by atoms with Gasteiger partial charge in [0.15, 0.2) is 23.3 Å². The van der Waals surface area contributed by atoms with Crippen molar-refractivity contribution in [2.45, 2.75) is 6.17 Å². The molecule has 8 nitrogen and oxygen atoms in total. The molecule has 13 rings (SSSR count). The zero-order valence-electron chi connectivity index (χ0n) is 36.6. The van der Waals surface area contributed by atoms with Crippen molar-refractivity contribution in [2.24, 2.45) is 9.98 Å². The summed E-state index contributed by atoms with van der Waals surface area (Å²) in [6.45, 7) is 0. The number of hydrogen-bond donors (Lipinski definition) is 1. The van der Waals surface area contributed by atoms with E-state index in [0.717, 1.165) is 83.4 Å². The van der Waals surface area contributed by atoms with E-state index in [0.29, 0.717) is 23.3 Å². The maximum absolute atomic E-state index is 5.25. The molecule has 1 aliphatic rings. The van der Waals surface area contributed by atoms with Crippen molar-refractivity contribution < 1.29 is 0 Å². The predicted octanol–water partition coefficient (Wildman–Crippen LogP) is 13.6. The van der Waals surface area contributed by atoms with Gasteiger partial charge in [-0.25, -0.2) is 24.9 Å². The summed E-state index contributed by atoms with van der Waals surface area (Å²) in [5, 5.41) is 8.35. The second kappa shape index (κ2) is 16.3. The van der Waals surface area contributed by atoms with Crippen molar-refractivity contribution in [3.8, 4) is 45.5 Å². The summed E-state index contributed by atoms with van der Waals surface area (Å²) in [7, 11) is 0. The zero-order valence-corrected chi connectivity index (χ0v) is 36.6. The molecule has 9 aromatic carbocycles. The van der Waals surface area contributed by atoms with Gasteiger partial charge in [-0.1, -0.05) is 194 Å². The largest absolute Gasteiger partial charge is 0.344 e. The number of rotatable bonds is 8. The highest BCUT2D eigenvalue weighted by Gasteiger charge is 2.25. The molecule has 0 fully saturated rings. The molecule has 320 valence electrons. The standard InChI is InChI=1S/C60H40N8/c1-5-19-39(20-6-1)55-61-56(40-21-7-2-8-22-40)64-59(63-55)43-27-17-29-45(37-43)67-51-33-15-13-31-47(51)49-35-36-50-48-32-14-16-34-52(48)68(54(50)53(49)67)46-30-18-28-44(38-46)60-65-57(41-23-9-3-10-24-41)62-58(66-60)42-25-11-4-12-26-42/h1-38,59H,(H,61,63,64). The van der Waals surface area contributed by atoms with Crippen LogP contribution in [0.15, 0.2) is 241 Å². The van der Waals surface area contributed by atoms with Crippen LogP contribution in [0.4, 0.5) is 0 Å². The molecule has 0 amide bonds. The van der Waals surface area contributed by atoms with Crippen LogP contribution in [0, 0.1) is 0 Å². The van der Waals surface area contributed by atoms with Gasteiger partial charge in [-0.15, -0.1) is 0 Å². The number of nitrogens with one attached hydrogen (secondary N) is 1. The van der Waals surface area contributed by atoms with E-state index < -0.39 is 0 Å². The number of benzene rings is 9. The SMILES string of the molecule is c1ccc(C2=NC(c3cccc(-n4c5ccccc5c5ccc6c7ccccc7n(-c7cccc(-c8nc(-c9ccccc9)nc(-c9ccccc9)n8)c7)c6c54)c3)NC(c3ccccc3)=N2)cc1. The number of hydrogen-bond acceptors (Lipinski definition) is 6. The minimum Gasteiger partial charge on any atom is -0.344 e. The molecular weight excluding hydrogens is 833 g/mol. The Labute approximate surface area is 391 Å². The Balaban J connectivity index is 1.01. The van der Waals surface area contributed by atoms with Crippen molar-refractivity contribution in [1.82, 2.24) is 29.4 Å². The highest BCUT2D eigenvalue weighted by atomic mass is 15.2. The van der Waals surface area contributed by atoms with Crippen molar-refractivity contribution in [3.05, 3.63) is 247 Å². The van der Waals surface area contributed by atoms with Crippen LogP contribution in [0.2, 0.25) is 0 Å². The molecular formula is C60H40N8. The van der Waals surface area contributed by atoms with Crippen LogP contribution in [0.3, 0.4) is 0 Å². The van der Waals surface area contributed by atoms with E-state index in [4.69, 9.17) is 24.9 Å². The molecule has 0 aliphatic carbocycles. The monoisotopic (exact) mass is 872 g/mol. The average molecular weight is 873 g/mol. The van der Waals surface area contributed by atoms with E-state index in [-0.39, 0.29) is 6.17 Å². The third kappa shape index (κ3) is 6.74. The lowest BCUT2D eigenvalue weighted by Crippen LogP contribution is -2.33. The summed E-state index contributed by atoms with van der Waals surface area (Å²) in [6, 6.07) is 80.0. The van der Waals surface area contributed by atoms with Crippen LogP contribution in [-0.2, 0) is 0 Å². The Morgan fingerprint density at radius 1 is 0.353 bits per heavy atom. The van der Waals surface area contributed by atoms with E-state index in [2.05, 4.69) is 148 Å². The van der Waals surface area contributed by atoms with Gasteiger partial charge in [0, 0.05) is 60.7 Å². The lowest BCUT2D eigenvalue weighted by molar-refractivity contribution is 0.674. The second-order valence-electron chi connectivity index (χ2n) is 16.9. The fourth-order valence-electron chi connectivity index (χ4n) is 9.67. The summed E-state index contributed by atoms with van der Waals surface area (Å²) < 4.78 is 4.84. The van der Waals surface area contributed by atoms with Crippen LogP contribution < -0.4 is 5.32 Å². The number of nitrogens with zero attached hydrogens (tertiary/aromatic N) is 7. The molecule has 1 unspecified atom stereocenters. The first-order valence-corrected chi connectivity index (χ1v) is 22.8. The maximum Gasteiger partial charge on any atom is 0.164 e. The molecule has 8 heteroatoms. The van der Waals surface area contributed by atoms with Gasteiger partial charge in [-0.3, -0.25) is 0 Å². The van der Waals surface area contributed by atoms with Gasteiger partial charge in [-0.05, 0) is 42.0 Å². The van der Waals surface area contributed by atoms with E-state index >= 15 is 0 Å². The molecule has 1 N–H and O–H groups in total. The number of aromatic nitrogens is 5. The van der Waals surface area contributed by atoms with Crippen LogP contribution in [0.1, 0.15) is 22.9 Å². The van der Waals surface area contributed by atoms with Crippen molar-refractivity contribution in [2.75, 3.05) is 0 Å². The summed E-state index contributed by atoms with van der Waals surface area (Å²) in [5.41, 5.74) is 12.2. The molecule has 12 aromatic rings. The quantitative estimate of drug-likeness (QED) is 0.165. The molecule has 68 heavy (non-hydrogen) atoms. The molecule has 0 radical (unpaired) electrons. The van der Waals surface area contributed by atoms with E-state index in [9.17, 15) is 0 Å². The van der Waals surface area contributed by atoms with Crippen molar-refractivity contribution >= 4 is 55.3 Å². The zero-order chi connectivity index (χ0) is 45.0. The van der Waals surface area contributed by atoms with E-state index in [1.54, 1.807) is 0 Å². The molecule has 3 aromatic heterocycles. The third-order valence-corrected chi connectivity index (χ3v) is 12.8. The first-order valence-electron chi connectivity index (χ1n) is 22.8. The minimum atomic E-state index is -0.389. The van der Waals surface area contributed by atoms with Crippen LogP contribution in [-0.4, -0.2) is 35.8 Å². The summed E-state index contributed by atoms with van der Waals surface area (Å²) in [4.78, 5) is 25.5. The average Bonchev–Trinajstić information content (AvgIpc) is 3.95. The topological polar surface area (TPSA) is 85.3 Å². The third-order valence-electron chi connectivity index (χ3n) is 12.8. The van der Waals surface area contributed by atoms with Crippen molar-refractivity contribution in [3.63, 3.8) is 0 Å². The fraction of sp³-hybridized carbons (Fsp3) is 0.0167. The Kier molecular flexibility index (Phi) is 9.38. The number of aliphatic imine (C=N–C) groups is 2. The summed E-state index contributed by atoms with van der Waals surface area (Å²) in [5.74, 6) is 3.32. The number of amidine groups is 2. The second-order valence-corrected chi connectivity index (χ2v) is 16.9. The Morgan fingerprint density at radius 3 is 1.35 bits per heavy atom. The van der Waals surface area contributed by atoms with Gasteiger partial charge >= 0.3 is 0 Å². The van der Waals surface area contributed by atoms with Gasteiger partial charge in [0.1, 0.15) is 12.0 Å². The Morgan fingerprint density at radius 2 is 0.794 bits per heavy atom. The molecule has 0 saturated heterocycles. The van der Waals surface area contributed by atoms with Crippen LogP contribution in [0.5, 0.6) is 0 Å². The molecule has 0 spiro atoms. The minimum absolute atomic E-state index is 0.389. The lowest BCUT2D eigenvalue weighted by atomic mass is 10.1. The first kappa shape index (κ1) is 39.1. The van der Waals surface area contributed by atoms with Gasteiger partial charge in [0.05, 0.1) is 22.1 Å². The van der Waals surface area contributed by atoms with Crippen LogP contribution >= 0.6 is 0 Å². The number of para-hydroxylation sites is 2. The Bertz CT molecular complexity index is 3870. The van der Waals surface area contributed by atoms with Gasteiger partial charge in [0.25, 0.3) is 0 Å². The van der Waals surface area contributed by atoms with Gasteiger partial charge in [0.2, 0.25) is 0 Å². The first-order chi connectivity index (χ1) is 33.7. The molecule has 0 saturated carbocycles. The fourth-order valence-corrected chi connectivity index (χ4v) is 9.67. The molecule has 1 aliphatic heterocycles. The van der Waals surface area contributed by atoms with E-state index in [1.165, 1.54) is 10.8 Å². The van der Waals surface area contributed by atoms with E-state index in [1.807, 2.05) is 97.1 Å². The van der Waals surface area contributed by atoms with Gasteiger partial charge in [-0.2, -0.15) is 0 Å². The van der Waals surface area contributed by atoms with Crippen molar-refractivity contribution in [1.29, 1.82) is 0 Å². The maximum atomic E-state index is 5.25. The van der Waals surface area contributed by atoms with Gasteiger partial charge < -0.3 is 14.5 Å². The normalized spacial score (nSPS) is 13.7. The molecule has 4 heterocycles. The predicted molar refractivity (Wildman–Crippen MR) is 277 cm³/mol. The highest BCUT2D eigenvalue weighted by Crippen LogP contribution is 2.42.